The molecule has 0 saturated carbocycles. The molecule has 5 aromatic carbocycles. The summed E-state index contributed by atoms with van der Waals surface area (Å²) in [5.41, 5.74) is 7.43. The molecule has 13 nitrogen and oxygen atoms in total. The van der Waals surface area contributed by atoms with Gasteiger partial charge in [0.15, 0.2) is 0 Å². The van der Waals surface area contributed by atoms with E-state index in [2.05, 4.69) is 5.32 Å². The van der Waals surface area contributed by atoms with Crippen LogP contribution in [0, 0.1) is 20.2 Å². The Morgan fingerprint density at radius 3 is 1.53 bits per heavy atom. The number of halogens is 2. The summed E-state index contributed by atoms with van der Waals surface area (Å²) in [6.45, 7) is 7.80. The van der Waals surface area contributed by atoms with Gasteiger partial charge in [0.25, 0.3) is 0 Å². The van der Waals surface area contributed by atoms with Gasteiger partial charge in [0.1, 0.15) is 28.6 Å². The number of anilines is 2. The molecule has 3 N–H and O–H groups in total. The van der Waals surface area contributed by atoms with E-state index in [0.717, 1.165) is 11.3 Å². The number of nitrogen functional groups attached to an aromatic ring is 1. The van der Waals surface area contributed by atoms with Crippen LogP contribution in [0.4, 0.5) is 22.7 Å². The molecule has 302 valence electrons. The minimum Gasteiger partial charge on any atom is -0.497 e. The number of ether oxygens (including phenoxy) is 1. The Balaban J connectivity index is 0.000000208. The first-order chi connectivity index (χ1) is 28.1. The molecule has 0 aliphatic rings. The molecule has 0 aliphatic carbocycles. The molecule has 2 heterocycles. The fourth-order valence-corrected chi connectivity index (χ4v) is 6.83. The van der Waals surface area contributed by atoms with Gasteiger partial charge < -0.3 is 24.6 Å². The van der Waals surface area contributed by atoms with Crippen molar-refractivity contribution in [2.45, 2.75) is 46.1 Å². The number of nitrogens with one attached hydrogen (secondary N) is 1. The second-order valence-electron chi connectivity index (χ2n) is 14.1. The molecule has 7 rings (SSSR count). The quantitative estimate of drug-likeness (QED) is 0.0756. The molecule has 7 aromatic rings. The van der Waals surface area contributed by atoms with Gasteiger partial charge in [-0.05, 0) is 77.4 Å². The maximum atomic E-state index is 13.5. The summed E-state index contributed by atoms with van der Waals surface area (Å²) in [6.07, 6.45) is 0. The molecule has 0 unspecified atom stereocenters. The Bertz CT molecular complexity index is 2840. The largest absolute Gasteiger partial charge is 0.497 e. The molecule has 0 saturated heterocycles. The number of rotatable bonds is 10. The summed E-state index contributed by atoms with van der Waals surface area (Å²) in [4.78, 5) is 48.9. The predicted molar refractivity (Wildman–Crippen MR) is 232 cm³/mol. The number of nitrogens with two attached hydrogens (primary N) is 1. The maximum Gasteiger partial charge on any atom is 0.335 e. The Morgan fingerprint density at radius 2 is 1.10 bits per heavy atom. The number of hydrogen-bond acceptors (Lipinski definition) is 11. The zero-order valence-electron chi connectivity index (χ0n) is 32.5. The molecule has 0 amide bonds. The molecule has 0 fully saturated rings. The third kappa shape index (κ3) is 8.62. The zero-order valence-corrected chi connectivity index (χ0v) is 34.0. The molecular weight excluding hydrogens is 799 g/mol. The van der Waals surface area contributed by atoms with Crippen molar-refractivity contribution in [1.29, 1.82) is 0 Å². The topological polar surface area (TPSA) is 194 Å². The lowest BCUT2D eigenvalue weighted by Gasteiger charge is -2.14. The highest BCUT2D eigenvalue weighted by Gasteiger charge is 2.28. The number of nitro groups is 2. The highest BCUT2D eigenvalue weighted by molar-refractivity contribution is 6.31. The lowest BCUT2D eigenvalue weighted by molar-refractivity contribution is -0.382. The average molecular weight is 838 g/mol. The smallest absolute Gasteiger partial charge is 0.335 e. The van der Waals surface area contributed by atoms with Crippen molar-refractivity contribution in [2.75, 3.05) is 18.2 Å². The van der Waals surface area contributed by atoms with Crippen LogP contribution in [0.25, 0.3) is 44.2 Å². The van der Waals surface area contributed by atoms with E-state index in [1.54, 1.807) is 67.8 Å². The van der Waals surface area contributed by atoms with Crippen molar-refractivity contribution >= 4 is 67.9 Å². The Hall–Kier alpha value is -6.70. The Morgan fingerprint density at radius 1 is 0.661 bits per heavy atom. The molecular formula is C44H38Cl2N4O9. The standard InChI is InChI=1S/C26H23ClN2O5.C18H15ClN2O4/c1-15(2)25-22(17-6-8-18(27)9-7-17)24(30)20-12-13-21(23(29(31)32)26(20)34-25)28-14-16-4-10-19(33-3)11-5-16;1-9(2)17-14(10-3-5-11(19)6-4-10)16(22)12-7-8-13(20)15(21(23)24)18(12)25-17/h4-13,15,28H,14H2,1-3H3;3-9H,20H2,1-2H3. The molecule has 0 bridgehead atoms. The molecule has 0 atom stereocenters. The van der Waals surface area contributed by atoms with Gasteiger partial charge in [0, 0.05) is 28.4 Å². The van der Waals surface area contributed by atoms with E-state index in [1.165, 1.54) is 12.1 Å². The van der Waals surface area contributed by atoms with E-state index in [1.807, 2.05) is 52.0 Å². The van der Waals surface area contributed by atoms with Crippen LogP contribution in [0.1, 0.15) is 56.6 Å². The second kappa shape index (κ2) is 17.4. The van der Waals surface area contributed by atoms with Gasteiger partial charge in [-0.1, -0.05) is 87.3 Å². The van der Waals surface area contributed by atoms with Crippen LogP contribution in [0.5, 0.6) is 5.75 Å². The first kappa shape index (κ1) is 41.9. The third-order valence-electron chi connectivity index (χ3n) is 9.48. The number of benzene rings is 5. The van der Waals surface area contributed by atoms with Gasteiger partial charge in [-0.25, -0.2) is 0 Å². The number of fused-ring (bicyclic) bond motifs is 2. The summed E-state index contributed by atoms with van der Waals surface area (Å²) in [6, 6.07) is 26.9. The fourth-order valence-electron chi connectivity index (χ4n) is 6.58. The monoisotopic (exact) mass is 836 g/mol. The summed E-state index contributed by atoms with van der Waals surface area (Å²) in [5.74, 6) is 1.13. The molecule has 0 spiro atoms. The number of nitro benzene ring substituents is 2. The summed E-state index contributed by atoms with van der Waals surface area (Å²) in [5, 5.41) is 27.9. The van der Waals surface area contributed by atoms with Crippen LogP contribution < -0.4 is 26.6 Å². The van der Waals surface area contributed by atoms with Crippen molar-refractivity contribution in [1.82, 2.24) is 0 Å². The van der Waals surface area contributed by atoms with E-state index in [4.69, 9.17) is 42.5 Å². The molecule has 2 aromatic heterocycles. The van der Waals surface area contributed by atoms with Gasteiger partial charge >= 0.3 is 11.4 Å². The average Bonchev–Trinajstić information content (AvgIpc) is 3.20. The van der Waals surface area contributed by atoms with Crippen molar-refractivity contribution in [3.05, 3.63) is 165 Å². The minimum absolute atomic E-state index is 0.0452. The lowest BCUT2D eigenvalue weighted by Crippen LogP contribution is -2.12. The van der Waals surface area contributed by atoms with Crippen molar-refractivity contribution < 1.29 is 23.4 Å². The summed E-state index contributed by atoms with van der Waals surface area (Å²) >= 11 is 11.9. The van der Waals surface area contributed by atoms with Crippen LogP contribution in [0.15, 0.2) is 115 Å². The predicted octanol–water partition coefficient (Wildman–Crippen LogP) is 11.5. The minimum atomic E-state index is -0.632. The van der Waals surface area contributed by atoms with Crippen LogP contribution in [-0.2, 0) is 6.54 Å². The van der Waals surface area contributed by atoms with Crippen LogP contribution in [-0.4, -0.2) is 17.0 Å². The van der Waals surface area contributed by atoms with E-state index in [0.29, 0.717) is 50.4 Å². The number of methoxy groups -OCH3 is 1. The van der Waals surface area contributed by atoms with Crippen molar-refractivity contribution in [2.24, 2.45) is 0 Å². The van der Waals surface area contributed by atoms with Crippen molar-refractivity contribution in [3.8, 4) is 28.0 Å². The van der Waals surface area contributed by atoms with Gasteiger partial charge in [-0.2, -0.15) is 0 Å². The third-order valence-corrected chi connectivity index (χ3v) is 9.98. The normalized spacial score (nSPS) is 11.1. The Labute approximate surface area is 347 Å². The van der Waals surface area contributed by atoms with Gasteiger partial charge in [0.05, 0.1) is 38.9 Å². The first-order valence-electron chi connectivity index (χ1n) is 18.3. The molecule has 15 heteroatoms. The molecule has 0 aliphatic heterocycles. The van der Waals surface area contributed by atoms with Crippen molar-refractivity contribution in [3.63, 3.8) is 0 Å². The lowest BCUT2D eigenvalue weighted by atomic mass is 9.96. The highest BCUT2D eigenvalue weighted by Crippen LogP contribution is 2.39. The first-order valence-corrected chi connectivity index (χ1v) is 19.1. The van der Waals surface area contributed by atoms with Crippen LogP contribution in [0.2, 0.25) is 10.0 Å². The van der Waals surface area contributed by atoms with Gasteiger partial charge in [0.2, 0.25) is 22.0 Å². The summed E-state index contributed by atoms with van der Waals surface area (Å²) < 4.78 is 17.1. The van der Waals surface area contributed by atoms with Gasteiger partial charge in [-0.15, -0.1) is 0 Å². The maximum absolute atomic E-state index is 13.5. The van der Waals surface area contributed by atoms with E-state index >= 15 is 0 Å². The fraction of sp³-hybridized carbons (Fsp3) is 0.182. The summed E-state index contributed by atoms with van der Waals surface area (Å²) in [7, 11) is 1.59. The second-order valence-corrected chi connectivity index (χ2v) is 15.0. The zero-order chi connectivity index (χ0) is 42.7. The number of nitrogens with zero attached hydrogens (tertiary/aromatic N) is 2. The van der Waals surface area contributed by atoms with Crippen LogP contribution in [0.3, 0.4) is 0 Å². The SMILES string of the molecule is CC(C)c1oc2c([N+](=O)[O-])c(N)ccc2c(=O)c1-c1ccc(Cl)cc1.COc1ccc(CNc2ccc3c(=O)c(-c4ccc(Cl)cc4)c(C(C)C)oc3c2[N+](=O)[O-])cc1. The van der Waals surface area contributed by atoms with E-state index < -0.39 is 9.85 Å². The van der Waals surface area contributed by atoms with Crippen LogP contribution >= 0.6 is 23.2 Å². The highest BCUT2D eigenvalue weighted by atomic mass is 35.5. The van der Waals surface area contributed by atoms with E-state index in [9.17, 15) is 29.8 Å². The molecule has 0 radical (unpaired) electrons. The molecule has 59 heavy (non-hydrogen) atoms. The van der Waals surface area contributed by atoms with E-state index in [-0.39, 0.29) is 67.4 Å². The Kier molecular flexibility index (Phi) is 12.4. The van der Waals surface area contributed by atoms with Gasteiger partial charge in [-0.3, -0.25) is 29.8 Å². The number of hydrogen-bond donors (Lipinski definition) is 2.